The minimum atomic E-state index is 0.00883. The predicted octanol–water partition coefficient (Wildman–Crippen LogP) is 2.53. The normalized spacial score (nSPS) is 21.0. The van der Waals surface area contributed by atoms with Crippen LogP contribution in [0.4, 0.5) is 0 Å². The third-order valence-corrected chi connectivity index (χ3v) is 2.88. The highest BCUT2D eigenvalue weighted by atomic mass is 16.5. The van der Waals surface area contributed by atoms with E-state index in [1.807, 2.05) is 0 Å². The molecule has 84 valence electrons. The van der Waals surface area contributed by atoms with Crippen LogP contribution in [0.25, 0.3) is 0 Å². The second-order valence-corrected chi connectivity index (χ2v) is 5.99. The van der Waals surface area contributed by atoms with E-state index in [1.165, 1.54) is 25.8 Å². The summed E-state index contributed by atoms with van der Waals surface area (Å²) in [6.07, 6.45) is 4.05. The maximum atomic E-state index is 5.91. The molecule has 0 amide bonds. The first-order chi connectivity index (χ1) is 6.33. The lowest BCUT2D eigenvalue weighted by atomic mass is 9.69. The summed E-state index contributed by atoms with van der Waals surface area (Å²) in [5, 5.41) is 0. The molecule has 1 aliphatic carbocycles. The molecule has 0 saturated heterocycles. The lowest BCUT2D eigenvalue weighted by Crippen LogP contribution is -2.44. The van der Waals surface area contributed by atoms with Gasteiger partial charge in [-0.2, -0.15) is 0 Å². The molecule has 0 heterocycles. The van der Waals surface area contributed by atoms with E-state index in [1.54, 1.807) is 0 Å². The van der Waals surface area contributed by atoms with Gasteiger partial charge in [0, 0.05) is 12.0 Å². The predicted molar refractivity (Wildman–Crippen MR) is 60.5 cm³/mol. The Bertz CT molecular complexity index is 177. The molecule has 0 aromatic rings. The molecule has 0 aromatic carbocycles. The van der Waals surface area contributed by atoms with Gasteiger partial charge in [-0.15, -0.1) is 0 Å². The summed E-state index contributed by atoms with van der Waals surface area (Å²) in [5.41, 5.74) is 0.464. The summed E-state index contributed by atoms with van der Waals surface area (Å²) in [4.78, 5) is 2.28. The van der Waals surface area contributed by atoms with E-state index in [4.69, 9.17) is 4.74 Å². The van der Waals surface area contributed by atoms with Crippen molar-refractivity contribution in [3.63, 3.8) is 0 Å². The van der Waals surface area contributed by atoms with Gasteiger partial charge in [0.2, 0.25) is 0 Å². The minimum Gasteiger partial charge on any atom is -0.375 e. The first kappa shape index (κ1) is 12.0. The maximum absolute atomic E-state index is 5.91. The summed E-state index contributed by atoms with van der Waals surface area (Å²) in [5.74, 6) is 0. The van der Waals surface area contributed by atoms with Crippen molar-refractivity contribution >= 4 is 0 Å². The average Bonchev–Trinajstić information content (AvgIpc) is 1.92. The Labute approximate surface area is 88.6 Å². The van der Waals surface area contributed by atoms with E-state index < -0.39 is 0 Å². The Morgan fingerprint density at radius 2 is 1.79 bits per heavy atom. The van der Waals surface area contributed by atoms with Gasteiger partial charge < -0.3 is 9.64 Å². The van der Waals surface area contributed by atoms with Gasteiger partial charge in [-0.05, 0) is 47.7 Å². The van der Waals surface area contributed by atoms with Crippen LogP contribution in [-0.2, 0) is 4.74 Å². The van der Waals surface area contributed by atoms with Crippen molar-refractivity contribution < 1.29 is 4.74 Å². The molecular weight excluding hydrogens is 174 g/mol. The van der Waals surface area contributed by atoms with Crippen LogP contribution in [0.5, 0.6) is 0 Å². The quantitative estimate of drug-likeness (QED) is 0.690. The van der Waals surface area contributed by atoms with E-state index in [-0.39, 0.29) is 5.60 Å². The van der Waals surface area contributed by atoms with Crippen molar-refractivity contribution in [3.8, 4) is 0 Å². The fourth-order valence-corrected chi connectivity index (χ4v) is 2.07. The van der Waals surface area contributed by atoms with Crippen molar-refractivity contribution in [2.75, 3.05) is 27.2 Å². The first-order valence-corrected chi connectivity index (χ1v) is 5.62. The van der Waals surface area contributed by atoms with Crippen molar-refractivity contribution in [2.24, 2.45) is 5.41 Å². The van der Waals surface area contributed by atoms with E-state index in [0.717, 1.165) is 6.61 Å². The van der Waals surface area contributed by atoms with Gasteiger partial charge in [-0.25, -0.2) is 0 Å². The smallest absolute Gasteiger partial charge is 0.0598 e. The van der Waals surface area contributed by atoms with Gasteiger partial charge in [0.1, 0.15) is 0 Å². The van der Waals surface area contributed by atoms with Crippen molar-refractivity contribution in [1.29, 1.82) is 0 Å². The summed E-state index contributed by atoms with van der Waals surface area (Å²) in [7, 11) is 4.30. The molecule has 0 spiro atoms. The molecule has 0 bridgehead atoms. The zero-order chi connectivity index (χ0) is 10.8. The maximum Gasteiger partial charge on any atom is 0.0598 e. The molecule has 1 rings (SSSR count). The fourth-order valence-electron chi connectivity index (χ4n) is 2.07. The van der Waals surface area contributed by atoms with Gasteiger partial charge in [-0.1, -0.05) is 6.42 Å². The van der Waals surface area contributed by atoms with Crippen LogP contribution in [0, 0.1) is 5.41 Å². The largest absolute Gasteiger partial charge is 0.375 e. The minimum absolute atomic E-state index is 0.00883. The Balaban J connectivity index is 2.38. The van der Waals surface area contributed by atoms with Crippen molar-refractivity contribution in [1.82, 2.24) is 4.90 Å². The van der Waals surface area contributed by atoms with Gasteiger partial charge in [0.15, 0.2) is 0 Å². The molecule has 0 radical (unpaired) electrons. The summed E-state index contributed by atoms with van der Waals surface area (Å²) >= 11 is 0. The number of hydrogen-bond acceptors (Lipinski definition) is 2. The van der Waals surface area contributed by atoms with Crippen LogP contribution < -0.4 is 0 Å². The Morgan fingerprint density at radius 3 is 2.07 bits per heavy atom. The molecular formula is C12H25NO. The molecule has 0 aliphatic heterocycles. The number of ether oxygens (including phenoxy) is 1. The van der Waals surface area contributed by atoms with Gasteiger partial charge >= 0.3 is 0 Å². The van der Waals surface area contributed by atoms with Crippen LogP contribution in [0.15, 0.2) is 0 Å². The number of hydrogen-bond donors (Lipinski definition) is 0. The van der Waals surface area contributed by atoms with Crippen LogP contribution in [-0.4, -0.2) is 37.7 Å². The van der Waals surface area contributed by atoms with Crippen LogP contribution in [0.3, 0.4) is 0 Å². The number of nitrogens with zero attached hydrogens (tertiary/aromatic N) is 1. The molecule has 0 aromatic heterocycles. The summed E-state index contributed by atoms with van der Waals surface area (Å²) < 4.78 is 5.91. The molecule has 1 fully saturated rings. The van der Waals surface area contributed by atoms with Crippen LogP contribution >= 0.6 is 0 Å². The number of rotatable bonds is 4. The monoisotopic (exact) mass is 199 g/mol. The lowest BCUT2D eigenvalue weighted by Gasteiger charge is -2.44. The van der Waals surface area contributed by atoms with E-state index >= 15 is 0 Å². The molecule has 14 heavy (non-hydrogen) atoms. The molecule has 2 nitrogen and oxygen atoms in total. The molecule has 1 saturated carbocycles. The van der Waals surface area contributed by atoms with Crippen LogP contribution in [0.1, 0.15) is 40.0 Å². The van der Waals surface area contributed by atoms with Crippen LogP contribution in [0.2, 0.25) is 0 Å². The zero-order valence-electron chi connectivity index (χ0n) is 10.4. The van der Waals surface area contributed by atoms with Crippen molar-refractivity contribution in [2.45, 2.75) is 45.6 Å². The first-order valence-electron chi connectivity index (χ1n) is 5.62. The highest BCUT2D eigenvalue weighted by molar-refractivity contribution is 4.90. The second kappa shape index (κ2) is 4.19. The van der Waals surface area contributed by atoms with Gasteiger partial charge in [-0.3, -0.25) is 0 Å². The third kappa shape index (κ3) is 3.58. The lowest BCUT2D eigenvalue weighted by molar-refractivity contribution is -0.0854. The Morgan fingerprint density at radius 1 is 1.21 bits per heavy atom. The average molecular weight is 199 g/mol. The standard InChI is InChI=1S/C12H25NO/c1-11(2,3)14-10-12(7-6-8-12)9-13(4)5/h6-10H2,1-5H3. The second-order valence-electron chi connectivity index (χ2n) is 5.99. The SMILES string of the molecule is CN(C)CC1(COC(C)(C)C)CCC1. The zero-order valence-corrected chi connectivity index (χ0v) is 10.4. The summed E-state index contributed by atoms with van der Waals surface area (Å²) in [6.45, 7) is 8.50. The highest BCUT2D eigenvalue weighted by Gasteiger charge is 2.38. The van der Waals surface area contributed by atoms with Crippen molar-refractivity contribution in [3.05, 3.63) is 0 Å². The summed E-state index contributed by atoms with van der Waals surface area (Å²) in [6, 6.07) is 0. The third-order valence-electron chi connectivity index (χ3n) is 2.88. The Kier molecular flexibility index (Phi) is 3.59. The van der Waals surface area contributed by atoms with Gasteiger partial charge in [0.25, 0.3) is 0 Å². The highest BCUT2D eigenvalue weighted by Crippen LogP contribution is 2.42. The van der Waals surface area contributed by atoms with E-state index in [2.05, 4.69) is 39.8 Å². The van der Waals surface area contributed by atoms with E-state index in [9.17, 15) is 0 Å². The molecule has 1 aliphatic rings. The molecule has 0 unspecified atom stereocenters. The molecule has 0 atom stereocenters. The molecule has 0 N–H and O–H groups in total. The molecule has 2 heteroatoms. The van der Waals surface area contributed by atoms with Gasteiger partial charge in [0.05, 0.1) is 12.2 Å². The topological polar surface area (TPSA) is 12.5 Å². The Hall–Kier alpha value is -0.0800. The van der Waals surface area contributed by atoms with E-state index in [0.29, 0.717) is 5.41 Å². The fraction of sp³-hybridized carbons (Fsp3) is 1.00.